The molecule has 0 spiro atoms. The van der Waals surface area contributed by atoms with Gasteiger partial charge >= 0.3 is 0 Å². The summed E-state index contributed by atoms with van der Waals surface area (Å²) in [7, 11) is 3.88. The second-order valence-corrected chi connectivity index (χ2v) is 3.98. The average molecular weight is 284 g/mol. The molecule has 3 heteroatoms. The molecule has 0 heterocycles. The van der Waals surface area contributed by atoms with Crippen molar-refractivity contribution in [2.75, 3.05) is 33.8 Å². The van der Waals surface area contributed by atoms with Gasteiger partial charge in [0.1, 0.15) is 0 Å². The number of nitrogens with one attached hydrogen (secondary N) is 1. The fourth-order valence-corrected chi connectivity index (χ4v) is 0.997. The van der Waals surface area contributed by atoms with Gasteiger partial charge in [-0.25, -0.2) is 0 Å². The van der Waals surface area contributed by atoms with Crippen molar-refractivity contribution in [3.05, 3.63) is 48.7 Å². The smallest absolute Gasteiger partial charge is 0.0684 e. The fourth-order valence-electron chi connectivity index (χ4n) is 0.997. The summed E-state index contributed by atoms with van der Waals surface area (Å²) in [5.41, 5.74) is 2.90. The van der Waals surface area contributed by atoms with E-state index in [0.29, 0.717) is 0 Å². The van der Waals surface area contributed by atoms with Crippen LogP contribution in [-0.2, 0) is 0 Å². The summed E-state index contributed by atoms with van der Waals surface area (Å²) in [4.78, 5) is 2.15. The maximum Gasteiger partial charge on any atom is 0.0684 e. The summed E-state index contributed by atoms with van der Waals surface area (Å²) in [6, 6.07) is 0. The van der Waals surface area contributed by atoms with Crippen molar-refractivity contribution in [1.29, 1.82) is 0 Å². The van der Waals surface area contributed by atoms with Crippen LogP contribution in [0.15, 0.2) is 48.7 Å². The average Bonchev–Trinajstić information content (AvgIpc) is 2.39. The third-order valence-corrected chi connectivity index (χ3v) is 2.48. The van der Waals surface area contributed by atoms with Crippen LogP contribution in [0, 0.1) is 0 Å². The number of hydrogen-bond donors (Lipinski definition) is 2. The Morgan fingerprint density at radius 3 is 1.80 bits per heavy atom. The minimum Gasteiger partial charge on any atom is -0.392 e. The van der Waals surface area contributed by atoms with Crippen LogP contribution in [0.4, 0.5) is 0 Å². The van der Waals surface area contributed by atoms with Crippen LogP contribution in [0.5, 0.6) is 0 Å². The zero-order valence-corrected chi connectivity index (χ0v) is 12.3. The molecule has 2 N–H and O–H groups in total. The van der Waals surface area contributed by atoms with Gasteiger partial charge in [-0.1, -0.05) is 53.7 Å². The molecule has 0 saturated carbocycles. The number of rotatable bonds is 7. The van der Waals surface area contributed by atoms with Crippen molar-refractivity contribution in [3.8, 4) is 0 Å². The molecule has 0 aliphatic carbocycles. The van der Waals surface area contributed by atoms with Crippen LogP contribution in [0.25, 0.3) is 0 Å². The third-order valence-electron chi connectivity index (χ3n) is 2.48. The van der Waals surface area contributed by atoms with E-state index in [1.165, 1.54) is 0 Å². The largest absolute Gasteiger partial charge is 0.392 e. The maximum atomic E-state index is 9.02. The van der Waals surface area contributed by atoms with Crippen molar-refractivity contribution in [1.82, 2.24) is 10.2 Å². The third kappa shape index (κ3) is 14.7. The second kappa shape index (κ2) is 17.7. The zero-order chi connectivity index (χ0) is 14.6. The van der Waals surface area contributed by atoms with Crippen LogP contribution in [-0.4, -0.2) is 43.8 Å². The second-order valence-electron chi connectivity index (χ2n) is 3.98. The van der Waals surface area contributed by atoms with E-state index >= 15 is 0 Å². The predicted molar refractivity (Wildman–Crippen MR) is 95.0 cm³/mol. The van der Waals surface area contributed by atoms with Gasteiger partial charge in [0.25, 0.3) is 0 Å². The van der Waals surface area contributed by atoms with Gasteiger partial charge in [0, 0.05) is 13.6 Å². The van der Waals surface area contributed by atoms with E-state index in [1.54, 1.807) is 12.2 Å². The monoisotopic (exact) mass is 284 g/mol. The molecule has 0 radical (unpaired) electrons. The Kier molecular flexibility index (Phi) is 24.0. The van der Waals surface area contributed by atoms with Crippen LogP contribution in [0.3, 0.4) is 0 Å². The van der Waals surface area contributed by atoms with Crippen molar-refractivity contribution in [2.24, 2.45) is 0 Å². The minimum atomic E-state index is 0. The lowest BCUT2D eigenvalue weighted by molar-refractivity contribution is 0.330. The lowest BCUT2D eigenvalue weighted by atomic mass is 10.1. The van der Waals surface area contributed by atoms with E-state index in [2.05, 4.69) is 36.9 Å². The van der Waals surface area contributed by atoms with E-state index < -0.39 is 0 Å². The molecule has 0 aliphatic heterocycles. The molecule has 20 heavy (non-hydrogen) atoms. The molecule has 3 nitrogen and oxygen atoms in total. The summed E-state index contributed by atoms with van der Waals surface area (Å²) < 4.78 is 0. The van der Waals surface area contributed by atoms with Crippen molar-refractivity contribution in [3.63, 3.8) is 0 Å². The quantitative estimate of drug-likeness (QED) is 0.701. The molecule has 0 aromatic carbocycles. The van der Waals surface area contributed by atoms with E-state index in [4.69, 9.17) is 5.11 Å². The number of aliphatic hydroxyl groups excluding tert-OH is 1. The normalized spacial score (nSPS) is 9.90. The maximum absolute atomic E-state index is 9.02. The van der Waals surface area contributed by atoms with Gasteiger partial charge in [0.05, 0.1) is 6.61 Å². The summed E-state index contributed by atoms with van der Waals surface area (Å²) >= 11 is 0. The van der Waals surface area contributed by atoms with Crippen LogP contribution in [0.2, 0.25) is 0 Å². The standard InChI is InChI=1S/C11H19NO.C4H9N.2CH4/c1-5-10(8-12(4)7-3)11(6-2)9-13;1-4(2)5-3;;/h5-6,13H,1-2,7-9H2,3-4H3;5H,1H2,2-3H3;2*1H4/b11-10-;;;. The van der Waals surface area contributed by atoms with Crippen molar-refractivity contribution in [2.45, 2.75) is 28.7 Å². The minimum absolute atomic E-state index is 0. The van der Waals surface area contributed by atoms with Gasteiger partial charge in [-0.2, -0.15) is 0 Å². The number of aliphatic hydroxyl groups is 1. The van der Waals surface area contributed by atoms with Crippen LogP contribution in [0.1, 0.15) is 28.7 Å². The molecule has 0 saturated heterocycles. The van der Waals surface area contributed by atoms with Crippen LogP contribution < -0.4 is 5.32 Å². The Labute approximate surface area is 127 Å². The Bertz CT molecular complexity index is 293. The summed E-state index contributed by atoms with van der Waals surface area (Å²) in [6.45, 7) is 16.8. The Hall–Kier alpha value is -1.32. The van der Waals surface area contributed by atoms with Gasteiger partial charge < -0.3 is 15.3 Å². The van der Waals surface area contributed by atoms with Crippen LogP contribution >= 0.6 is 0 Å². The molecule has 0 aromatic heterocycles. The molecule has 0 atom stereocenters. The molecule has 0 fully saturated rings. The Morgan fingerprint density at radius 2 is 1.60 bits per heavy atom. The first-order valence-corrected chi connectivity index (χ1v) is 6.06. The number of hydrogen-bond acceptors (Lipinski definition) is 3. The molecule has 0 aromatic rings. The highest BCUT2D eigenvalue weighted by molar-refractivity contribution is 5.32. The SMILES string of the molecule is C.C.C=C(C)NC.C=C/C(CO)=C(\C=C)CN(C)CC. The molecular weight excluding hydrogens is 248 g/mol. The van der Waals surface area contributed by atoms with Gasteiger partial charge in [0.15, 0.2) is 0 Å². The van der Waals surface area contributed by atoms with Crippen molar-refractivity contribution >= 4 is 0 Å². The summed E-state index contributed by atoms with van der Waals surface area (Å²) in [5, 5.41) is 11.9. The van der Waals surface area contributed by atoms with Gasteiger partial charge in [-0.3, -0.25) is 0 Å². The molecule has 0 bridgehead atoms. The molecule has 0 aliphatic rings. The first-order valence-electron chi connectivity index (χ1n) is 6.06. The highest BCUT2D eigenvalue weighted by Gasteiger charge is 2.02. The van der Waals surface area contributed by atoms with Gasteiger partial charge in [-0.15, -0.1) is 0 Å². The fraction of sp³-hybridized carbons (Fsp3) is 0.529. The lowest BCUT2D eigenvalue weighted by Gasteiger charge is -2.16. The van der Waals surface area contributed by atoms with Gasteiger partial charge in [0.2, 0.25) is 0 Å². The van der Waals surface area contributed by atoms with E-state index in [-0.39, 0.29) is 21.5 Å². The number of nitrogens with zero attached hydrogens (tertiary/aromatic N) is 1. The Balaban J connectivity index is -0.000000158. The first kappa shape index (κ1) is 27.1. The lowest BCUT2D eigenvalue weighted by Crippen LogP contribution is -2.20. The Morgan fingerprint density at radius 1 is 1.20 bits per heavy atom. The van der Waals surface area contributed by atoms with E-state index in [9.17, 15) is 0 Å². The molecular formula is C17H36N2O. The number of likely N-dealkylation sites (N-methyl/N-ethyl adjacent to an activating group) is 1. The summed E-state index contributed by atoms with van der Waals surface area (Å²) in [5.74, 6) is 0. The highest BCUT2D eigenvalue weighted by Crippen LogP contribution is 2.07. The van der Waals surface area contributed by atoms with E-state index in [1.807, 2.05) is 21.0 Å². The zero-order valence-electron chi connectivity index (χ0n) is 12.3. The summed E-state index contributed by atoms with van der Waals surface area (Å²) in [6.07, 6.45) is 3.46. The van der Waals surface area contributed by atoms with Gasteiger partial charge in [-0.05, 0) is 37.4 Å². The molecule has 120 valence electrons. The molecule has 0 amide bonds. The van der Waals surface area contributed by atoms with Crippen molar-refractivity contribution < 1.29 is 5.11 Å². The molecule has 0 rings (SSSR count). The number of allylic oxidation sites excluding steroid dienone is 1. The topological polar surface area (TPSA) is 35.5 Å². The highest BCUT2D eigenvalue weighted by atomic mass is 16.3. The predicted octanol–water partition coefficient (Wildman–Crippen LogP) is 3.61. The van der Waals surface area contributed by atoms with E-state index in [0.717, 1.165) is 29.9 Å². The molecule has 0 unspecified atom stereocenters. The first-order chi connectivity index (χ1) is 8.46.